The molecule has 1 unspecified atom stereocenters. The molecule has 0 saturated carbocycles. The summed E-state index contributed by atoms with van der Waals surface area (Å²) in [6.07, 6.45) is -10.1. The lowest BCUT2D eigenvalue weighted by Gasteiger charge is -2.39. The molecular weight excluding hydrogens is 439 g/mol. The van der Waals surface area contributed by atoms with Gasteiger partial charge < -0.3 is 5.11 Å². The minimum absolute atomic E-state index is 0.302. The molecule has 1 aromatic carbocycles. The minimum atomic E-state index is -7.60. The molecule has 0 aromatic heterocycles. The van der Waals surface area contributed by atoms with Gasteiger partial charge in [0.1, 0.15) is 0 Å². The molecule has 0 fully saturated rings. The molecule has 0 aliphatic rings. The summed E-state index contributed by atoms with van der Waals surface area (Å²) in [6, 6.07) is 2.66. The van der Waals surface area contributed by atoms with Gasteiger partial charge in [0.05, 0.1) is 16.9 Å². The molecule has 166 valence electrons. The average molecular weight is 449 g/mol. The fraction of sp³-hybridized carbons (Fsp3) is 0.571. The minimum Gasteiger partial charge on any atom is -0.385 e. The summed E-state index contributed by atoms with van der Waals surface area (Å²) in [5, 5.41) is 20.6. The lowest BCUT2D eigenvalue weighted by molar-refractivity contribution is -0.424. The second-order valence-electron chi connectivity index (χ2n) is 6.18. The zero-order valence-corrected chi connectivity index (χ0v) is 13.9. The van der Waals surface area contributed by atoms with Gasteiger partial charge >= 0.3 is 29.9 Å². The highest BCUT2D eigenvalue weighted by Crippen LogP contribution is 2.59. The van der Waals surface area contributed by atoms with Gasteiger partial charge in [0.2, 0.25) is 0 Å². The van der Waals surface area contributed by atoms with Crippen LogP contribution in [0.4, 0.5) is 54.0 Å². The molecule has 1 N–H and O–H groups in total. The highest BCUT2D eigenvalue weighted by atomic mass is 19.4. The van der Waals surface area contributed by atoms with E-state index >= 15 is 0 Å². The van der Waals surface area contributed by atoms with Crippen molar-refractivity contribution in [3.8, 4) is 0 Å². The van der Waals surface area contributed by atoms with Gasteiger partial charge in [-0.3, -0.25) is 10.1 Å². The van der Waals surface area contributed by atoms with E-state index in [-0.39, 0.29) is 0 Å². The molecule has 15 heteroatoms. The second-order valence-corrected chi connectivity index (χ2v) is 6.18. The number of hydrogen-bond donors (Lipinski definition) is 1. The first-order chi connectivity index (χ1) is 12.6. The van der Waals surface area contributed by atoms with E-state index in [1.54, 1.807) is 0 Å². The number of rotatable bonds is 7. The van der Waals surface area contributed by atoms with Crippen molar-refractivity contribution in [3.63, 3.8) is 0 Å². The van der Waals surface area contributed by atoms with Crippen LogP contribution in [0.5, 0.6) is 0 Å². The standard InChI is InChI=1S/C14H10F11NO3/c1-9(27,7-3-2-4-8(5-7)26(28)29)6-10(15,16)11(17,18)12(19,20)13(21,22)14(23,24)25/h2-5,27H,6H2,1H3. The van der Waals surface area contributed by atoms with Crippen molar-refractivity contribution < 1.29 is 58.3 Å². The molecule has 0 aliphatic heterocycles. The number of halogens is 11. The Morgan fingerprint density at radius 3 is 1.79 bits per heavy atom. The summed E-state index contributed by atoms with van der Waals surface area (Å²) in [4.78, 5) is 9.53. The molecule has 0 saturated heterocycles. The van der Waals surface area contributed by atoms with Crippen LogP contribution in [0.1, 0.15) is 18.9 Å². The Bertz CT molecular complexity index is 774. The maximum Gasteiger partial charge on any atom is 0.460 e. The van der Waals surface area contributed by atoms with Crippen molar-refractivity contribution in [1.29, 1.82) is 0 Å². The van der Waals surface area contributed by atoms with Gasteiger partial charge in [-0.05, 0) is 12.5 Å². The van der Waals surface area contributed by atoms with Crippen molar-refractivity contribution in [1.82, 2.24) is 0 Å². The predicted octanol–water partition coefficient (Wildman–Crippen LogP) is 5.30. The molecule has 1 rings (SSSR count). The van der Waals surface area contributed by atoms with Crippen molar-refractivity contribution in [2.24, 2.45) is 0 Å². The normalized spacial score (nSPS) is 16.4. The Morgan fingerprint density at radius 1 is 0.897 bits per heavy atom. The maximum atomic E-state index is 13.8. The zero-order valence-electron chi connectivity index (χ0n) is 13.9. The van der Waals surface area contributed by atoms with Crippen LogP contribution >= 0.6 is 0 Å². The smallest absolute Gasteiger partial charge is 0.385 e. The molecule has 1 atom stereocenters. The van der Waals surface area contributed by atoms with E-state index in [2.05, 4.69) is 0 Å². The Balaban J connectivity index is 3.39. The fourth-order valence-electron chi connectivity index (χ4n) is 2.20. The summed E-state index contributed by atoms with van der Waals surface area (Å²) in [7, 11) is 0. The zero-order chi connectivity index (χ0) is 23.3. The van der Waals surface area contributed by atoms with Crippen molar-refractivity contribution in [2.75, 3.05) is 0 Å². The summed E-state index contributed by atoms with van der Waals surface area (Å²) >= 11 is 0. The van der Waals surface area contributed by atoms with Gasteiger partial charge in [0.15, 0.2) is 0 Å². The molecule has 0 heterocycles. The monoisotopic (exact) mass is 449 g/mol. The predicted molar refractivity (Wildman–Crippen MR) is 73.1 cm³/mol. The molecule has 0 aliphatic carbocycles. The van der Waals surface area contributed by atoms with E-state index in [0.29, 0.717) is 19.1 Å². The molecule has 29 heavy (non-hydrogen) atoms. The average Bonchev–Trinajstić information content (AvgIpc) is 2.52. The van der Waals surface area contributed by atoms with E-state index < -0.39 is 58.1 Å². The van der Waals surface area contributed by atoms with Crippen LogP contribution in [0.2, 0.25) is 0 Å². The third-order valence-corrected chi connectivity index (χ3v) is 3.85. The number of nitro benzene ring substituents is 1. The van der Waals surface area contributed by atoms with E-state index in [9.17, 15) is 63.5 Å². The molecule has 0 radical (unpaired) electrons. The SMILES string of the molecule is CC(O)(CC(F)(F)C(F)(F)C(F)(F)C(F)(F)C(F)(F)F)c1cccc([N+](=O)[O-])c1. The van der Waals surface area contributed by atoms with E-state index in [0.717, 1.165) is 12.1 Å². The van der Waals surface area contributed by atoms with Crippen LogP contribution in [0.3, 0.4) is 0 Å². The Kier molecular flexibility index (Phi) is 5.96. The highest BCUT2D eigenvalue weighted by Gasteiger charge is 2.87. The summed E-state index contributed by atoms with van der Waals surface area (Å²) in [5.74, 6) is -28.7. The molecule has 0 spiro atoms. The highest BCUT2D eigenvalue weighted by molar-refractivity contribution is 5.37. The quantitative estimate of drug-likeness (QED) is 0.349. The van der Waals surface area contributed by atoms with Crippen molar-refractivity contribution >= 4 is 5.69 Å². The molecular formula is C14H10F11NO3. The molecule has 0 bridgehead atoms. The number of nitrogens with zero attached hydrogens (tertiary/aromatic N) is 1. The number of hydrogen-bond acceptors (Lipinski definition) is 3. The largest absolute Gasteiger partial charge is 0.460 e. The van der Waals surface area contributed by atoms with E-state index in [4.69, 9.17) is 0 Å². The van der Waals surface area contributed by atoms with Gasteiger partial charge in [0.25, 0.3) is 5.69 Å². The Labute approximate surface area is 154 Å². The number of benzene rings is 1. The fourth-order valence-corrected chi connectivity index (χ4v) is 2.20. The van der Waals surface area contributed by atoms with Crippen LogP contribution < -0.4 is 0 Å². The topological polar surface area (TPSA) is 63.4 Å². The third kappa shape index (κ3) is 4.09. The van der Waals surface area contributed by atoms with Crippen molar-refractivity contribution in [3.05, 3.63) is 39.9 Å². The van der Waals surface area contributed by atoms with Crippen LogP contribution in [0.25, 0.3) is 0 Å². The Morgan fingerprint density at radius 2 is 1.38 bits per heavy atom. The van der Waals surface area contributed by atoms with Crippen LogP contribution in [0.15, 0.2) is 24.3 Å². The number of aliphatic hydroxyl groups is 1. The Hall–Kier alpha value is -2.19. The number of non-ortho nitro benzene ring substituents is 1. The summed E-state index contributed by atoms with van der Waals surface area (Å²) in [6.45, 7) is 0.302. The number of nitro groups is 1. The van der Waals surface area contributed by atoms with Gasteiger partial charge in [-0.2, -0.15) is 48.3 Å². The van der Waals surface area contributed by atoms with Gasteiger partial charge in [-0.25, -0.2) is 0 Å². The van der Waals surface area contributed by atoms with Crippen LogP contribution in [0, 0.1) is 10.1 Å². The first-order valence-electron chi connectivity index (χ1n) is 7.17. The second kappa shape index (κ2) is 6.95. The van der Waals surface area contributed by atoms with E-state index in [1.165, 1.54) is 0 Å². The maximum absolute atomic E-state index is 13.8. The summed E-state index contributed by atoms with van der Waals surface area (Å²) < 4.78 is 143. The van der Waals surface area contributed by atoms with Crippen LogP contribution in [-0.2, 0) is 5.60 Å². The van der Waals surface area contributed by atoms with Gasteiger partial charge in [0, 0.05) is 12.1 Å². The number of alkyl halides is 11. The molecule has 1 aromatic rings. The lowest BCUT2D eigenvalue weighted by Crippen LogP contribution is -2.67. The van der Waals surface area contributed by atoms with Crippen molar-refractivity contribution in [2.45, 2.75) is 48.8 Å². The molecule has 4 nitrogen and oxygen atoms in total. The van der Waals surface area contributed by atoms with E-state index in [1.807, 2.05) is 0 Å². The first kappa shape index (κ1) is 24.8. The first-order valence-corrected chi connectivity index (χ1v) is 7.17. The van der Waals surface area contributed by atoms with Gasteiger partial charge in [-0.1, -0.05) is 12.1 Å². The lowest BCUT2D eigenvalue weighted by atomic mass is 9.85. The molecule has 0 amide bonds. The summed E-state index contributed by atoms with van der Waals surface area (Å²) in [5.41, 5.74) is -4.98. The third-order valence-electron chi connectivity index (χ3n) is 3.85. The van der Waals surface area contributed by atoms with Gasteiger partial charge in [-0.15, -0.1) is 0 Å². The van der Waals surface area contributed by atoms with Crippen LogP contribution in [-0.4, -0.2) is 39.9 Å².